The molecule has 0 fully saturated rings. The largest absolute Gasteiger partial charge is 0.323 e. The molecule has 1 rings (SSSR count). The summed E-state index contributed by atoms with van der Waals surface area (Å²) in [6.45, 7) is 0. The third kappa shape index (κ3) is 3.22. The summed E-state index contributed by atoms with van der Waals surface area (Å²) in [5.74, 6) is -0.540. The maximum absolute atomic E-state index is 13.3. The van der Waals surface area contributed by atoms with Crippen molar-refractivity contribution < 1.29 is 4.39 Å². The summed E-state index contributed by atoms with van der Waals surface area (Å²) in [5, 5.41) is 8.73. The lowest BCUT2D eigenvalue weighted by Gasteiger charge is -2.12. The fourth-order valence-corrected chi connectivity index (χ4v) is 1.54. The molecule has 0 aliphatic carbocycles. The molecule has 0 saturated carbocycles. The van der Waals surface area contributed by atoms with Gasteiger partial charge in [0.2, 0.25) is 0 Å². The van der Waals surface area contributed by atoms with Crippen molar-refractivity contribution in [1.82, 2.24) is 0 Å². The van der Waals surface area contributed by atoms with Crippen LogP contribution < -0.4 is 5.73 Å². The van der Waals surface area contributed by atoms with Gasteiger partial charge >= 0.3 is 0 Å². The van der Waals surface area contributed by atoms with Crippen LogP contribution >= 0.6 is 35.6 Å². The van der Waals surface area contributed by atoms with Gasteiger partial charge in [0.1, 0.15) is 5.82 Å². The summed E-state index contributed by atoms with van der Waals surface area (Å²) in [7, 11) is 0. The minimum atomic E-state index is -0.744. The van der Waals surface area contributed by atoms with Gasteiger partial charge in [-0.3, -0.25) is 0 Å². The standard InChI is InChI=1S/C9H7Cl2FN2.ClH/c10-5-1-2-6(12)8(9(5)11)7(14)3-4-13;/h1-2,7H,3,14H2;1H/t7-;/m0./s1. The van der Waals surface area contributed by atoms with Crippen molar-refractivity contribution >= 4 is 35.6 Å². The van der Waals surface area contributed by atoms with Crippen LogP contribution in [0.1, 0.15) is 18.0 Å². The zero-order valence-corrected chi connectivity index (χ0v) is 9.83. The first kappa shape index (κ1) is 14.5. The number of nitrogens with two attached hydrogens (primary N) is 1. The number of nitriles is 1. The fourth-order valence-electron chi connectivity index (χ4n) is 1.08. The maximum Gasteiger partial charge on any atom is 0.129 e. The van der Waals surface area contributed by atoms with Crippen molar-refractivity contribution in [3.8, 4) is 6.07 Å². The average Bonchev–Trinajstić information content (AvgIpc) is 2.13. The van der Waals surface area contributed by atoms with E-state index in [1.165, 1.54) is 12.1 Å². The number of hydrogen-bond acceptors (Lipinski definition) is 2. The Morgan fingerprint density at radius 1 is 1.47 bits per heavy atom. The number of benzene rings is 1. The highest BCUT2D eigenvalue weighted by atomic mass is 35.5. The third-order valence-corrected chi connectivity index (χ3v) is 2.58. The second-order valence-electron chi connectivity index (χ2n) is 2.73. The van der Waals surface area contributed by atoms with Crippen LogP contribution in [0.3, 0.4) is 0 Å². The number of halogens is 4. The lowest BCUT2D eigenvalue weighted by molar-refractivity contribution is 0.585. The maximum atomic E-state index is 13.3. The highest BCUT2D eigenvalue weighted by Crippen LogP contribution is 2.32. The first-order valence-corrected chi connectivity index (χ1v) is 4.59. The summed E-state index contributed by atoms with van der Waals surface area (Å²) in [6.07, 6.45) is -0.00299. The highest BCUT2D eigenvalue weighted by Gasteiger charge is 2.17. The van der Waals surface area contributed by atoms with Crippen LogP contribution in [0.25, 0.3) is 0 Å². The van der Waals surface area contributed by atoms with Gasteiger partial charge in [-0.15, -0.1) is 12.4 Å². The zero-order valence-electron chi connectivity index (χ0n) is 7.51. The Balaban J connectivity index is 0.00000196. The predicted molar refractivity (Wildman–Crippen MR) is 60.8 cm³/mol. The van der Waals surface area contributed by atoms with Crippen LogP contribution in [0.5, 0.6) is 0 Å². The van der Waals surface area contributed by atoms with Crippen LogP contribution in [0, 0.1) is 17.1 Å². The second kappa shape index (κ2) is 6.14. The van der Waals surface area contributed by atoms with E-state index in [0.29, 0.717) is 0 Å². The van der Waals surface area contributed by atoms with Crippen LogP contribution in [-0.4, -0.2) is 0 Å². The Bertz CT molecular complexity index is 390. The van der Waals surface area contributed by atoms with E-state index in [2.05, 4.69) is 0 Å². The number of nitrogens with zero attached hydrogens (tertiary/aromatic N) is 1. The van der Waals surface area contributed by atoms with Gasteiger partial charge in [0, 0.05) is 11.6 Å². The lowest BCUT2D eigenvalue weighted by atomic mass is 10.0. The Labute approximate surface area is 103 Å². The van der Waals surface area contributed by atoms with Gasteiger partial charge in [0.25, 0.3) is 0 Å². The quantitative estimate of drug-likeness (QED) is 0.836. The molecule has 6 heteroatoms. The number of rotatable bonds is 2. The minimum absolute atomic E-state index is 0. The van der Waals surface area contributed by atoms with Crippen LogP contribution in [-0.2, 0) is 0 Å². The molecule has 0 unspecified atom stereocenters. The summed E-state index contributed by atoms with van der Waals surface area (Å²) >= 11 is 11.5. The van der Waals surface area contributed by atoms with Crippen molar-refractivity contribution in [2.75, 3.05) is 0 Å². The minimum Gasteiger partial charge on any atom is -0.323 e. The smallest absolute Gasteiger partial charge is 0.129 e. The average molecular weight is 270 g/mol. The van der Waals surface area contributed by atoms with Crippen molar-refractivity contribution in [1.29, 1.82) is 5.26 Å². The third-order valence-electron chi connectivity index (χ3n) is 1.76. The molecule has 0 saturated heterocycles. The van der Waals surface area contributed by atoms with E-state index in [9.17, 15) is 4.39 Å². The molecule has 0 aliphatic rings. The van der Waals surface area contributed by atoms with Crippen LogP contribution in [0.2, 0.25) is 10.0 Å². The monoisotopic (exact) mass is 268 g/mol. The summed E-state index contributed by atoms with van der Waals surface area (Å²) in [4.78, 5) is 0. The summed E-state index contributed by atoms with van der Waals surface area (Å²) in [6, 6.07) is 3.63. The molecule has 0 aliphatic heterocycles. The topological polar surface area (TPSA) is 49.8 Å². The van der Waals surface area contributed by atoms with Gasteiger partial charge in [0.15, 0.2) is 0 Å². The molecule has 1 aromatic carbocycles. The molecule has 0 radical (unpaired) electrons. The van der Waals surface area contributed by atoms with E-state index < -0.39 is 11.9 Å². The van der Waals surface area contributed by atoms with Crippen molar-refractivity contribution in [2.45, 2.75) is 12.5 Å². The molecule has 2 N–H and O–H groups in total. The second-order valence-corrected chi connectivity index (χ2v) is 3.51. The van der Waals surface area contributed by atoms with Crippen molar-refractivity contribution in [3.05, 3.63) is 33.6 Å². The van der Waals surface area contributed by atoms with E-state index in [4.69, 9.17) is 34.2 Å². The number of hydrogen-bond donors (Lipinski definition) is 1. The molecule has 2 nitrogen and oxygen atoms in total. The van der Waals surface area contributed by atoms with Crippen LogP contribution in [0.4, 0.5) is 4.39 Å². The van der Waals surface area contributed by atoms with Gasteiger partial charge in [0.05, 0.1) is 22.5 Å². The van der Waals surface area contributed by atoms with Gasteiger partial charge < -0.3 is 5.73 Å². The molecule has 1 aromatic rings. The van der Waals surface area contributed by atoms with E-state index in [0.717, 1.165) is 0 Å². The lowest BCUT2D eigenvalue weighted by Crippen LogP contribution is -2.12. The molecular weight excluding hydrogens is 261 g/mol. The Morgan fingerprint density at radius 3 is 2.60 bits per heavy atom. The van der Waals surface area contributed by atoms with Crippen LogP contribution in [0.15, 0.2) is 12.1 Å². The molecule has 15 heavy (non-hydrogen) atoms. The SMILES string of the molecule is Cl.N#CC[C@H](N)c1c(F)ccc(Cl)c1Cl. The van der Waals surface area contributed by atoms with Crippen molar-refractivity contribution in [2.24, 2.45) is 5.73 Å². The normalized spacial score (nSPS) is 11.4. The molecule has 82 valence electrons. The molecule has 0 bridgehead atoms. The highest BCUT2D eigenvalue weighted by molar-refractivity contribution is 6.42. The molecule has 0 aromatic heterocycles. The van der Waals surface area contributed by atoms with Crippen molar-refractivity contribution in [3.63, 3.8) is 0 Å². The molecular formula is C9H8Cl3FN2. The van der Waals surface area contributed by atoms with Gasteiger partial charge in [-0.1, -0.05) is 23.2 Å². The summed E-state index contributed by atoms with van der Waals surface area (Å²) < 4.78 is 13.3. The van der Waals surface area contributed by atoms with E-state index >= 15 is 0 Å². The van der Waals surface area contributed by atoms with Gasteiger partial charge in [-0.25, -0.2) is 4.39 Å². The van der Waals surface area contributed by atoms with E-state index in [-0.39, 0.29) is 34.4 Å². The van der Waals surface area contributed by atoms with E-state index in [1.54, 1.807) is 0 Å². The molecule has 0 spiro atoms. The Kier molecular flexibility index (Phi) is 5.92. The molecule has 1 atom stereocenters. The fraction of sp³-hybridized carbons (Fsp3) is 0.222. The summed E-state index contributed by atoms with van der Waals surface area (Å²) in [5.41, 5.74) is 5.67. The predicted octanol–water partition coefficient (Wildman–Crippen LogP) is 3.47. The molecule has 0 heterocycles. The Morgan fingerprint density at radius 2 is 2.07 bits per heavy atom. The zero-order chi connectivity index (χ0) is 10.7. The molecule has 0 amide bonds. The van der Waals surface area contributed by atoms with Gasteiger partial charge in [-0.05, 0) is 12.1 Å². The first-order chi connectivity index (χ1) is 6.57. The first-order valence-electron chi connectivity index (χ1n) is 3.84. The van der Waals surface area contributed by atoms with E-state index in [1.807, 2.05) is 6.07 Å². The Hall–Kier alpha value is -0.530. The van der Waals surface area contributed by atoms with Gasteiger partial charge in [-0.2, -0.15) is 5.26 Å².